The van der Waals surface area contributed by atoms with Crippen LogP contribution in [0.3, 0.4) is 0 Å². The van der Waals surface area contributed by atoms with Crippen LogP contribution in [-0.2, 0) is 0 Å². The van der Waals surface area contributed by atoms with Gasteiger partial charge >= 0.3 is 29.6 Å². The van der Waals surface area contributed by atoms with Gasteiger partial charge in [-0.15, -0.1) is 11.7 Å². The van der Waals surface area contributed by atoms with Crippen molar-refractivity contribution in [2.75, 3.05) is 0 Å². The molecule has 0 aliphatic carbocycles. The van der Waals surface area contributed by atoms with Crippen LogP contribution in [0.25, 0.3) is 0 Å². The summed E-state index contributed by atoms with van der Waals surface area (Å²) in [6.07, 6.45) is 9.54. The molecule has 0 fully saturated rings. The van der Waals surface area contributed by atoms with Gasteiger partial charge in [0.1, 0.15) is 0 Å². The number of unbranched alkanes of at least 4 members (excludes halogenated alkanes) is 3. The van der Waals surface area contributed by atoms with Gasteiger partial charge in [0.2, 0.25) is 0 Å². The van der Waals surface area contributed by atoms with Crippen molar-refractivity contribution in [3.05, 3.63) is 0 Å². The predicted molar refractivity (Wildman–Crippen MR) is 71.2 cm³/mol. The Bertz CT molecular complexity index is 89.0. The molecule has 0 rings (SSSR count). The van der Waals surface area contributed by atoms with E-state index < -0.39 is 0 Å². The summed E-state index contributed by atoms with van der Waals surface area (Å²) in [5, 5.41) is 0.801. The average Bonchev–Trinajstić information content (AvgIpc) is 2.10. The van der Waals surface area contributed by atoms with Gasteiger partial charge in [-0.3, -0.25) is 0 Å². The number of thiol groups is 1. The Labute approximate surface area is 115 Å². The second-order valence-electron chi connectivity index (χ2n) is 3.37. The van der Waals surface area contributed by atoms with Crippen molar-refractivity contribution in [3.8, 4) is 0 Å². The van der Waals surface area contributed by atoms with Crippen molar-refractivity contribution in [1.82, 2.24) is 0 Å². The molecule has 76 valence electrons. The molecule has 0 aliphatic heterocycles. The van der Waals surface area contributed by atoms with E-state index in [1.54, 1.807) is 10.8 Å². The zero-order chi connectivity index (χ0) is 9.23. The second-order valence-corrected chi connectivity index (χ2v) is 4.88. The number of hydrogen-bond acceptors (Lipinski definition) is 2. The quantitative estimate of drug-likeness (QED) is 0.284. The standard InChI is InChI=1S/C10H22S2.Na.H/c1-3-5-6-7-9-10(12-11)8-4-2;;/h10-11H,3-9H2,1-2H3;;. The molecule has 1 atom stereocenters. The van der Waals surface area contributed by atoms with Gasteiger partial charge in [-0.2, -0.15) is 0 Å². The van der Waals surface area contributed by atoms with Crippen molar-refractivity contribution in [2.24, 2.45) is 0 Å². The van der Waals surface area contributed by atoms with Gasteiger partial charge in [-0.25, -0.2) is 0 Å². The van der Waals surface area contributed by atoms with Crippen LogP contribution in [0.15, 0.2) is 0 Å². The average molecular weight is 230 g/mol. The molecule has 0 radical (unpaired) electrons. The molecule has 0 aromatic carbocycles. The van der Waals surface area contributed by atoms with Crippen LogP contribution < -0.4 is 0 Å². The molecule has 0 bridgehead atoms. The van der Waals surface area contributed by atoms with Crippen molar-refractivity contribution in [3.63, 3.8) is 0 Å². The molecule has 0 N–H and O–H groups in total. The second kappa shape index (κ2) is 13.7. The van der Waals surface area contributed by atoms with Gasteiger partial charge in [-0.05, 0) is 12.8 Å². The van der Waals surface area contributed by atoms with Gasteiger partial charge in [-0.1, -0.05) is 56.7 Å². The minimum atomic E-state index is 0. The van der Waals surface area contributed by atoms with E-state index in [1.807, 2.05) is 0 Å². The first-order chi connectivity index (χ1) is 5.85. The van der Waals surface area contributed by atoms with Crippen LogP contribution >= 0.6 is 22.5 Å². The third kappa shape index (κ3) is 11.6. The Morgan fingerprint density at radius 1 is 1.00 bits per heavy atom. The summed E-state index contributed by atoms with van der Waals surface area (Å²) in [7, 11) is 1.75. The monoisotopic (exact) mass is 230 g/mol. The summed E-state index contributed by atoms with van der Waals surface area (Å²) in [4.78, 5) is 0. The van der Waals surface area contributed by atoms with E-state index in [-0.39, 0.29) is 29.6 Å². The Kier molecular flexibility index (Phi) is 18.0. The van der Waals surface area contributed by atoms with Crippen LogP contribution in [0.4, 0.5) is 0 Å². The summed E-state index contributed by atoms with van der Waals surface area (Å²) >= 11 is 4.29. The molecule has 0 aromatic heterocycles. The summed E-state index contributed by atoms with van der Waals surface area (Å²) < 4.78 is 0. The van der Waals surface area contributed by atoms with Crippen LogP contribution in [0, 0.1) is 0 Å². The summed E-state index contributed by atoms with van der Waals surface area (Å²) in [5.41, 5.74) is 0. The zero-order valence-corrected chi connectivity index (χ0v) is 10.1. The first-order valence-corrected chi connectivity index (χ1v) is 7.08. The van der Waals surface area contributed by atoms with E-state index in [9.17, 15) is 0 Å². The van der Waals surface area contributed by atoms with Gasteiger partial charge in [0.25, 0.3) is 0 Å². The van der Waals surface area contributed by atoms with Gasteiger partial charge in [0.15, 0.2) is 0 Å². The van der Waals surface area contributed by atoms with Crippen molar-refractivity contribution >= 4 is 52.0 Å². The maximum atomic E-state index is 4.29. The molecule has 0 spiro atoms. The van der Waals surface area contributed by atoms with Crippen molar-refractivity contribution in [1.29, 1.82) is 0 Å². The first kappa shape index (κ1) is 17.1. The van der Waals surface area contributed by atoms with Crippen LogP contribution in [0.1, 0.15) is 58.8 Å². The van der Waals surface area contributed by atoms with Gasteiger partial charge in [0, 0.05) is 5.25 Å². The van der Waals surface area contributed by atoms with Crippen molar-refractivity contribution < 1.29 is 0 Å². The molecule has 0 heterocycles. The molecule has 13 heavy (non-hydrogen) atoms. The summed E-state index contributed by atoms with van der Waals surface area (Å²) in [5.74, 6) is 0. The molecule has 0 aromatic rings. The van der Waals surface area contributed by atoms with Gasteiger partial charge in [0.05, 0.1) is 0 Å². The zero-order valence-electron chi connectivity index (χ0n) is 8.38. The Morgan fingerprint density at radius 2 is 1.69 bits per heavy atom. The fourth-order valence-corrected chi connectivity index (χ4v) is 2.62. The van der Waals surface area contributed by atoms with Crippen molar-refractivity contribution in [2.45, 2.75) is 64.0 Å². The topological polar surface area (TPSA) is 0 Å². The molecule has 0 nitrogen and oxygen atoms in total. The van der Waals surface area contributed by atoms with Crippen LogP contribution in [-0.4, -0.2) is 34.8 Å². The Balaban J connectivity index is 0. The van der Waals surface area contributed by atoms with Crippen LogP contribution in [0.5, 0.6) is 0 Å². The maximum absolute atomic E-state index is 4.29. The molecule has 1 unspecified atom stereocenters. The molecule has 0 saturated carbocycles. The molecule has 0 amide bonds. The van der Waals surface area contributed by atoms with E-state index in [0.29, 0.717) is 0 Å². The molecule has 0 aliphatic rings. The molecule has 3 heteroatoms. The van der Waals surface area contributed by atoms with E-state index in [4.69, 9.17) is 0 Å². The third-order valence-corrected chi connectivity index (χ3v) is 3.80. The SMILES string of the molecule is CCCCCCC(CCC)SS.[NaH]. The van der Waals surface area contributed by atoms with E-state index in [2.05, 4.69) is 25.5 Å². The summed E-state index contributed by atoms with van der Waals surface area (Å²) in [6.45, 7) is 4.51. The normalized spacial score (nSPS) is 12.2. The number of hydrogen-bond donors (Lipinski definition) is 1. The Hall–Kier alpha value is 1.70. The summed E-state index contributed by atoms with van der Waals surface area (Å²) in [6, 6.07) is 0. The Morgan fingerprint density at radius 3 is 2.15 bits per heavy atom. The molecule has 0 saturated heterocycles. The first-order valence-electron chi connectivity index (χ1n) is 5.15. The van der Waals surface area contributed by atoms with Gasteiger partial charge < -0.3 is 0 Å². The molecular weight excluding hydrogens is 207 g/mol. The van der Waals surface area contributed by atoms with E-state index in [1.165, 1.54) is 44.9 Å². The number of rotatable bonds is 8. The van der Waals surface area contributed by atoms with Crippen LogP contribution in [0.2, 0.25) is 0 Å². The predicted octanol–water partition coefficient (Wildman–Crippen LogP) is 4.06. The third-order valence-electron chi connectivity index (χ3n) is 2.14. The van der Waals surface area contributed by atoms with E-state index >= 15 is 0 Å². The fraction of sp³-hybridized carbons (Fsp3) is 1.00. The minimum absolute atomic E-state index is 0. The van der Waals surface area contributed by atoms with E-state index in [0.717, 1.165) is 5.25 Å². The fourth-order valence-electron chi connectivity index (χ4n) is 1.37. The molecular formula is C10H23NaS2.